The normalized spacial score (nSPS) is 21.2. The van der Waals surface area contributed by atoms with E-state index < -0.39 is 6.10 Å². The van der Waals surface area contributed by atoms with Gasteiger partial charge in [-0.15, -0.1) is 0 Å². The topological polar surface area (TPSA) is 58.6 Å². The van der Waals surface area contributed by atoms with Gasteiger partial charge >= 0.3 is 0 Å². The van der Waals surface area contributed by atoms with E-state index in [2.05, 4.69) is 28.4 Å². The molecule has 2 aromatic rings. The van der Waals surface area contributed by atoms with Crippen LogP contribution < -0.4 is 10.1 Å². The quantitative estimate of drug-likeness (QED) is 0.739. The number of carbonyl (C=O) groups excluding carboxylic acids is 2. The lowest BCUT2D eigenvalue weighted by Gasteiger charge is -2.38. The van der Waals surface area contributed by atoms with Crippen LogP contribution in [0, 0.1) is 5.92 Å². The Morgan fingerprint density at radius 2 is 1.87 bits per heavy atom. The van der Waals surface area contributed by atoms with E-state index in [1.54, 1.807) is 0 Å². The molecule has 3 aliphatic rings. The Kier molecular flexibility index (Phi) is 5.43. The highest BCUT2D eigenvalue weighted by molar-refractivity contribution is 5.83. The summed E-state index contributed by atoms with van der Waals surface area (Å²) in [6, 6.07) is 16.6. The standard InChI is InChI=1S/C26H30N2O3/c1-2-23(25(29)27-20-11-12-20)31-21-13-10-17-14-15-28(26(30)19-8-9-19)24(22(17)16-21)18-6-4-3-5-7-18/h3-7,10,13,16,19-20,23-24H,2,8-9,11-12,14-15H2,1H3,(H,27,29). The molecule has 2 aliphatic carbocycles. The Bertz CT molecular complexity index is 966. The predicted molar refractivity (Wildman–Crippen MR) is 119 cm³/mol. The number of carbonyl (C=O) groups is 2. The van der Waals surface area contributed by atoms with E-state index in [1.807, 2.05) is 37.3 Å². The number of fused-ring (bicyclic) bond motifs is 1. The molecule has 5 nitrogen and oxygen atoms in total. The third kappa shape index (κ3) is 4.32. The van der Waals surface area contributed by atoms with Crippen LogP contribution in [0.15, 0.2) is 48.5 Å². The van der Waals surface area contributed by atoms with Crippen molar-refractivity contribution < 1.29 is 14.3 Å². The van der Waals surface area contributed by atoms with Crippen molar-refractivity contribution in [2.45, 2.75) is 63.6 Å². The molecule has 5 heteroatoms. The molecule has 0 spiro atoms. The van der Waals surface area contributed by atoms with E-state index in [-0.39, 0.29) is 23.8 Å². The molecule has 2 aromatic carbocycles. The Hall–Kier alpha value is -2.82. The summed E-state index contributed by atoms with van der Waals surface area (Å²) in [7, 11) is 0. The third-order valence-electron chi connectivity index (χ3n) is 6.54. The van der Waals surface area contributed by atoms with Gasteiger partial charge in [-0.2, -0.15) is 0 Å². The summed E-state index contributed by atoms with van der Waals surface area (Å²) in [5.74, 6) is 1.11. The van der Waals surface area contributed by atoms with E-state index in [1.165, 1.54) is 5.56 Å². The number of ether oxygens (including phenoxy) is 1. The molecule has 2 unspecified atom stereocenters. The molecule has 1 N–H and O–H groups in total. The summed E-state index contributed by atoms with van der Waals surface area (Å²) in [6.45, 7) is 2.71. The Morgan fingerprint density at radius 1 is 1.10 bits per heavy atom. The first-order chi connectivity index (χ1) is 15.1. The van der Waals surface area contributed by atoms with Gasteiger partial charge in [0.05, 0.1) is 6.04 Å². The van der Waals surface area contributed by atoms with Crippen molar-refractivity contribution in [3.8, 4) is 5.75 Å². The van der Waals surface area contributed by atoms with E-state index in [0.29, 0.717) is 18.2 Å². The van der Waals surface area contributed by atoms with Crippen LogP contribution in [0.4, 0.5) is 0 Å². The maximum absolute atomic E-state index is 13.1. The minimum atomic E-state index is -0.499. The van der Waals surface area contributed by atoms with Crippen molar-refractivity contribution in [1.29, 1.82) is 0 Å². The maximum atomic E-state index is 13.1. The van der Waals surface area contributed by atoms with E-state index >= 15 is 0 Å². The van der Waals surface area contributed by atoms with Gasteiger partial charge in [0.1, 0.15) is 5.75 Å². The first-order valence-electron chi connectivity index (χ1n) is 11.6. The molecule has 0 bridgehead atoms. The Balaban J connectivity index is 1.45. The lowest BCUT2D eigenvalue weighted by atomic mass is 9.87. The van der Waals surface area contributed by atoms with Crippen LogP contribution in [0.5, 0.6) is 5.75 Å². The van der Waals surface area contributed by atoms with Crippen molar-refractivity contribution in [3.05, 3.63) is 65.2 Å². The fraction of sp³-hybridized carbons (Fsp3) is 0.462. The summed E-state index contributed by atoms with van der Waals surface area (Å²) in [4.78, 5) is 27.7. The summed E-state index contributed by atoms with van der Waals surface area (Å²) >= 11 is 0. The largest absolute Gasteiger partial charge is 0.481 e. The molecule has 0 aromatic heterocycles. The summed E-state index contributed by atoms with van der Waals surface area (Å²) in [6.07, 6.45) is 5.08. The van der Waals surface area contributed by atoms with Gasteiger partial charge in [0.25, 0.3) is 5.91 Å². The van der Waals surface area contributed by atoms with Crippen molar-refractivity contribution in [2.24, 2.45) is 5.92 Å². The first-order valence-corrected chi connectivity index (χ1v) is 11.6. The molecule has 2 fully saturated rings. The second-order valence-electron chi connectivity index (χ2n) is 9.03. The summed E-state index contributed by atoms with van der Waals surface area (Å²) in [5.41, 5.74) is 3.48. The van der Waals surface area contributed by atoms with Crippen LogP contribution in [0.3, 0.4) is 0 Å². The number of rotatable bonds is 7. The van der Waals surface area contributed by atoms with Crippen LogP contribution in [0.2, 0.25) is 0 Å². The van der Waals surface area contributed by atoms with Crippen LogP contribution in [0.1, 0.15) is 61.8 Å². The number of benzene rings is 2. The molecule has 2 saturated carbocycles. The molecular weight excluding hydrogens is 388 g/mol. The zero-order chi connectivity index (χ0) is 21.4. The van der Waals surface area contributed by atoms with Gasteiger partial charge in [-0.1, -0.05) is 43.3 Å². The number of nitrogens with one attached hydrogen (secondary N) is 1. The fourth-order valence-electron chi connectivity index (χ4n) is 4.47. The van der Waals surface area contributed by atoms with Crippen LogP contribution >= 0.6 is 0 Å². The highest BCUT2D eigenvalue weighted by Crippen LogP contribution is 2.41. The highest BCUT2D eigenvalue weighted by atomic mass is 16.5. The van der Waals surface area contributed by atoms with Crippen LogP contribution in [-0.2, 0) is 16.0 Å². The van der Waals surface area contributed by atoms with Crippen molar-refractivity contribution >= 4 is 11.8 Å². The Labute approximate surface area is 183 Å². The van der Waals surface area contributed by atoms with Gasteiger partial charge in [-0.3, -0.25) is 9.59 Å². The molecule has 5 rings (SSSR count). The number of hydrogen-bond donors (Lipinski definition) is 1. The molecule has 31 heavy (non-hydrogen) atoms. The molecule has 0 radical (unpaired) electrons. The van der Waals surface area contributed by atoms with E-state index in [4.69, 9.17) is 4.74 Å². The molecule has 162 valence electrons. The molecule has 1 heterocycles. The average Bonchev–Trinajstić information content (AvgIpc) is 3.71. The fourth-order valence-corrected chi connectivity index (χ4v) is 4.47. The number of hydrogen-bond acceptors (Lipinski definition) is 3. The molecule has 1 aliphatic heterocycles. The minimum Gasteiger partial charge on any atom is -0.481 e. The SMILES string of the molecule is CCC(Oc1ccc2c(c1)C(c1ccccc1)N(C(=O)C1CC1)CC2)C(=O)NC1CC1. The predicted octanol–water partition coefficient (Wildman–Crippen LogP) is 4.01. The molecule has 0 saturated heterocycles. The van der Waals surface area contributed by atoms with E-state index in [9.17, 15) is 9.59 Å². The number of amides is 2. The molecular formula is C26H30N2O3. The van der Waals surface area contributed by atoms with E-state index in [0.717, 1.165) is 49.8 Å². The molecule has 2 amide bonds. The zero-order valence-corrected chi connectivity index (χ0v) is 18.0. The second kappa shape index (κ2) is 8.37. The monoisotopic (exact) mass is 418 g/mol. The maximum Gasteiger partial charge on any atom is 0.261 e. The highest BCUT2D eigenvalue weighted by Gasteiger charge is 2.39. The second-order valence-corrected chi connectivity index (χ2v) is 9.03. The molecule has 2 atom stereocenters. The zero-order valence-electron chi connectivity index (χ0n) is 18.0. The van der Waals surface area contributed by atoms with Gasteiger partial charge in [0, 0.05) is 18.5 Å². The van der Waals surface area contributed by atoms with Gasteiger partial charge < -0.3 is 15.0 Å². The smallest absolute Gasteiger partial charge is 0.261 e. The van der Waals surface area contributed by atoms with Crippen LogP contribution in [0.25, 0.3) is 0 Å². The van der Waals surface area contributed by atoms with Gasteiger partial charge in [-0.25, -0.2) is 0 Å². The minimum absolute atomic E-state index is 0.0344. The third-order valence-corrected chi connectivity index (χ3v) is 6.54. The number of nitrogens with zero attached hydrogens (tertiary/aromatic N) is 1. The van der Waals surface area contributed by atoms with Gasteiger partial charge in [-0.05, 0) is 67.3 Å². The van der Waals surface area contributed by atoms with Gasteiger partial charge in [0.15, 0.2) is 6.10 Å². The van der Waals surface area contributed by atoms with Crippen molar-refractivity contribution in [1.82, 2.24) is 10.2 Å². The Morgan fingerprint density at radius 3 is 2.55 bits per heavy atom. The van der Waals surface area contributed by atoms with Crippen molar-refractivity contribution in [3.63, 3.8) is 0 Å². The summed E-state index contributed by atoms with van der Waals surface area (Å²) in [5, 5.41) is 3.05. The lowest BCUT2D eigenvalue weighted by Crippen LogP contribution is -2.41. The van der Waals surface area contributed by atoms with Crippen molar-refractivity contribution in [2.75, 3.05) is 6.54 Å². The van der Waals surface area contributed by atoms with Gasteiger partial charge in [0.2, 0.25) is 5.91 Å². The van der Waals surface area contributed by atoms with Crippen LogP contribution in [-0.4, -0.2) is 35.4 Å². The first kappa shape index (κ1) is 20.1. The summed E-state index contributed by atoms with van der Waals surface area (Å²) < 4.78 is 6.14. The average molecular weight is 419 g/mol. The lowest BCUT2D eigenvalue weighted by molar-refractivity contribution is -0.134.